The molecule has 0 unspecified atom stereocenters. The molecule has 0 aliphatic rings. The Morgan fingerprint density at radius 2 is 1.72 bits per heavy atom. The van der Waals surface area contributed by atoms with Crippen LogP contribution in [-0.2, 0) is 11.3 Å². The number of rotatable bonds is 5. The molecule has 0 saturated carbocycles. The fourth-order valence-electron chi connectivity index (χ4n) is 3.52. The average Bonchev–Trinajstić information content (AvgIpc) is 3.01. The van der Waals surface area contributed by atoms with Crippen molar-refractivity contribution in [3.05, 3.63) is 76.6 Å². The number of nitrogens with one attached hydrogen (secondary N) is 1. The first kappa shape index (κ1) is 23.3. The van der Waals surface area contributed by atoms with Crippen LogP contribution in [0, 0.1) is 26.2 Å². The van der Waals surface area contributed by atoms with Crippen LogP contribution < -0.4 is 5.32 Å². The fourth-order valence-corrected chi connectivity index (χ4v) is 3.52. The third-order valence-corrected chi connectivity index (χ3v) is 5.58. The normalized spacial score (nSPS) is 11.3. The van der Waals surface area contributed by atoms with E-state index in [0.29, 0.717) is 17.8 Å². The molecule has 1 heterocycles. The van der Waals surface area contributed by atoms with Gasteiger partial charge >= 0.3 is 0 Å². The lowest BCUT2D eigenvalue weighted by molar-refractivity contribution is -0.123. The van der Waals surface area contributed by atoms with Crippen molar-refractivity contribution >= 4 is 17.5 Å². The lowest BCUT2D eigenvalue weighted by atomic mass is 9.95. The molecule has 6 nitrogen and oxygen atoms in total. The fraction of sp³-hybridized carbons (Fsp3) is 0.346. The Balaban J connectivity index is 1.81. The summed E-state index contributed by atoms with van der Waals surface area (Å²) in [5, 5.41) is 7.62. The van der Waals surface area contributed by atoms with Crippen LogP contribution in [0.15, 0.2) is 48.5 Å². The van der Waals surface area contributed by atoms with Gasteiger partial charge in [0.2, 0.25) is 5.91 Å². The standard InChI is InChI=1S/C26H32N4O2/c1-17-11-8-9-14-23(17)30-19(3)22(18(2)28-30)16-29(7)24(31)20-12-10-13-21(15-20)27-25(32)26(4,5)6/h8-15H,16H2,1-7H3,(H,27,32). The van der Waals surface area contributed by atoms with Gasteiger partial charge in [0.05, 0.1) is 11.4 Å². The Bertz CT molecular complexity index is 1150. The smallest absolute Gasteiger partial charge is 0.253 e. The van der Waals surface area contributed by atoms with E-state index in [4.69, 9.17) is 5.10 Å². The number of aryl methyl sites for hydroxylation is 2. The highest BCUT2D eigenvalue weighted by Crippen LogP contribution is 2.23. The van der Waals surface area contributed by atoms with Crippen LogP contribution in [0.3, 0.4) is 0 Å². The van der Waals surface area contributed by atoms with Crippen LogP contribution in [0.2, 0.25) is 0 Å². The number of aromatic nitrogens is 2. The molecule has 0 saturated heterocycles. The van der Waals surface area contributed by atoms with E-state index in [9.17, 15) is 9.59 Å². The Labute approximate surface area is 190 Å². The van der Waals surface area contributed by atoms with Gasteiger partial charge in [0, 0.05) is 41.5 Å². The highest BCUT2D eigenvalue weighted by atomic mass is 16.2. The quantitative estimate of drug-likeness (QED) is 0.613. The first-order valence-electron chi connectivity index (χ1n) is 10.8. The van der Waals surface area contributed by atoms with Crippen molar-refractivity contribution in [2.75, 3.05) is 12.4 Å². The molecule has 0 radical (unpaired) electrons. The summed E-state index contributed by atoms with van der Waals surface area (Å²) in [4.78, 5) is 27.1. The second-order valence-electron chi connectivity index (χ2n) is 9.29. The highest BCUT2D eigenvalue weighted by molar-refractivity contribution is 5.98. The number of benzene rings is 2. The largest absolute Gasteiger partial charge is 0.337 e. The number of carbonyl (C=O) groups excluding carboxylic acids is 2. The zero-order chi connectivity index (χ0) is 23.6. The Morgan fingerprint density at radius 3 is 2.38 bits per heavy atom. The molecule has 3 rings (SSSR count). The number of anilines is 1. The predicted octanol–water partition coefficient (Wildman–Crippen LogP) is 5.05. The minimum absolute atomic E-state index is 0.0923. The van der Waals surface area contributed by atoms with E-state index < -0.39 is 5.41 Å². The summed E-state index contributed by atoms with van der Waals surface area (Å²) in [5.41, 5.74) is 5.76. The zero-order valence-electron chi connectivity index (χ0n) is 20.0. The van der Waals surface area contributed by atoms with Crippen LogP contribution in [0.5, 0.6) is 0 Å². The summed E-state index contributed by atoms with van der Waals surface area (Å²) >= 11 is 0. The minimum Gasteiger partial charge on any atom is -0.337 e. The van der Waals surface area contributed by atoms with Gasteiger partial charge in [-0.15, -0.1) is 0 Å². The molecule has 0 atom stereocenters. The van der Waals surface area contributed by atoms with Crippen molar-refractivity contribution in [1.82, 2.24) is 14.7 Å². The van der Waals surface area contributed by atoms with Crippen molar-refractivity contribution in [2.24, 2.45) is 5.41 Å². The van der Waals surface area contributed by atoms with Crippen LogP contribution in [-0.4, -0.2) is 33.5 Å². The van der Waals surface area contributed by atoms with Crippen molar-refractivity contribution < 1.29 is 9.59 Å². The molecule has 0 spiro atoms. The monoisotopic (exact) mass is 432 g/mol. The lowest BCUT2D eigenvalue weighted by Gasteiger charge is -2.20. The van der Waals surface area contributed by atoms with E-state index in [-0.39, 0.29) is 11.8 Å². The number of carbonyl (C=O) groups is 2. The van der Waals surface area contributed by atoms with E-state index in [1.165, 1.54) is 0 Å². The number of nitrogens with zero attached hydrogens (tertiary/aromatic N) is 3. The number of para-hydroxylation sites is 1. The predicted molar refractivity (Wildman–Crippen MR) is 128 cm³/mol. The summed E-state index contributed by atoms with van der Waals surface area (Å²) in [5.74, 6) is -0.204. The molecule has 0 bridgehead atoms. The highest BCUT2D eigenvalue weighted by Gasteiger charge is 2.22. The van der Waals surface area contributed by atoms with Gasteiger partial charge in [0.1, 0.15) is 0 Å². The lowest BCUT2D eigenvalue weighted by Crippen LogP contribution is -2.28. The summed E-state index contributed by atoms with van der Waals surface area (Å²) in [6, 6.07) is 15.2. The van der Waals surface area contributed by atoms with Crippen molar-refractivity contribution in [1.29, 1.82) is 0 Å². The number of hydrogen-bond donors (Lipinski definition) is 1. The summed E-state index contributed by atoms with van der Waals surface area (Å²) in [6.07, 6.45) is 0. The van der Waals surface area contributed by atoms with Gasteiger partial charge in [-0.05, 0) is 50.6 Å². The van der Waals surface area contributed by atoms with E-state index >= 15 is 0 Å². The van der Waals surface area contributed by atoms with Gasteiger partial charge < -0.3 is 10.2 Å². The molecule has 3 aromatic rings. The molecule has 2 amide bonds. The molecular formula is C26H32N4O2. The molecule has 6 heteroatoms. The van der Waals surface area contributed by atoms with E-state index in [1.807, 2.05) is 57.5 Å². The number of hydrogen-bond acceptors (Lipinski definition) is 3. The summed E-state index contributed by atoms with van der Waals surface area (Å²) in [6.45, 7) is 12.1. The molecule has 0 aliphatic heterocycles. The second-order valence-corrected chi connectivity index (χ2v) is 9.29. The van der Waals surface area contributed by atoms with Crippen molar-refractivity contribution in [3.8, 4) is 5.69 Å². The zero-order valence-corrected chi connectivity index (χ0v) is 20.0. The maximum absolute atomic E-state index is 13.1. The third-order valence-electron chi connectivity index (χ3n) is 5.58. The maximum Gasteiger partial charge on any atom is 0.253 e. The van der Waals surface area contributed by atoms with Crippen LogP contribution in [0.25, 0.3) is 5.69 Å². The minimum atomic E-state index is -0.511. The topological polar surface area (TPSA) is 67.2 Å². The molecule has 0 aliphatic carbocycles. The van der Waals surface area contributed by atoms with Gasteiger partial charge in [-0.25, -0.2) is 4.68 Å². The van der Waals surface area contributed by atoms with Crippen LogP contribution in [0.1, 0.15) is 53.6 Å². The van der Waals surface area contributed by atoms with Gasteiger partial charge in [-0.3, -0.25) is 9.59 Å². The van der Waals surface area contributed by atoms with Gasteiger partial charge in [-0.2, -0.15) is 5.10 Å². The van der Waals surface area contributed by atoms with Crippen LogP contribution in [0.4, 0.5) is 5.69 Å². The third kappa shape index (κ3) is 4.90. The SMILES string of the molecule is Cc1ccccc1-n1nc(C)c(CN(C)C(=O)c2cccc(NC(=O)C(C)(C)C)c2)c1C. The second kappa shape index (κ2) is 8.99. The summed E-state index contributed by atoms with van der Waals surface area (Å²) in [7, 11) is 1.78. The van der Waals surface area contributed by atoms with Crippen LogP contribution >= 0.6 is 0 Å². The first-order chi connectivity index (χ1) is 15.0. The molecule has 2 aromatic carbocycles. The van der Waals surface area contributed by atoms with E-state index in [0.717, 1.165) is 28.2 Å². The molecule has 1 aromatic heterocycles. The van der Waals surface area contributed by atoms with Crippen molar-refractivity contribution in [3.63, 3.8) is 0 Å². The van der Waals surface area contributed by atoms with Gasteiger partial charge in [-0.1, -0.05) is 45.0 Å². The summed E-state index contributed by atoms with van der Waals surface area (Å²) < 4.78 is 1.95. The molecule has 32 heavy (non-hydrogen) atoms. The van der Waals surface area contributed by atoms with Gasteiger partial charge in [0.15, 0.2) is 0 Å². The average molecular weight is 433 g/mol. The molecule has 1 N–H and O–H groups in total. The molecule has 0 fully saturated rings. The van der Waals surface area contributed by atoms with E-state index in [1.54, 1.807) is 36.2 Å². The first-order valence-corrected chi connectivity index (χ1v) is 10.8. The van der Waals surface area contributed by atoms with Crippen molar-refractivity contribution in [2.45, 2.75) is 48.1 Å². The Kier molecular flexibility index (Phi) is 6.53. The molecular weight excluding hydrogens is 400 g/mol. The van der Waals surface area contributed by atoms with E-state index in [2.05, 4.69) is 18.3 Å². The molecule has 168 valence electrons. The number of amides is 2. The Hall–Kier alpha value is -3.41. The maximum atomic E-state index is 13.1. The van der Waals surface area contributed by atoms with Gasteiger partial charge in [0.25, 0.3) is 5.91 Å². The Morgan fingerprint density at radius 1 is 1.03 bits per heavy atom.